The Balaban J connectivity index is 1.84. The second kappa shape index (κ2) is 10.7. The zero-order valence-electron chi connectivity index (χ0n) is 19.2. The molecule has 10 heteroatoms. The highest BCUT2D eigenvalue weighted by molar-refractivity contribution is 8.13. The number of nitrogens with one attached hydrogen (secondary N) is 1. The summed E-state index contributed by atoms with van der Waals surface area (Å²) in [4.78, 5) is 29.2. The molecule has 34 heavy (non-hydrogen) atoms. The van der Waals surface area contributed by atoms with Crippen LogP contribution in [0.5, 0.6) is 5.75 Å². The summed E-state index contributed by atoms with van der Waals surface area (Å²) in [7, 11) is 0. The highest BCUT2D eigenvalue weighted by Gasteiger charge is 2.36. The normalized spacial score (nSPS) is 16.7. The molecular formula is C24H27N5O4S. The SMILES string of the molecule is CCCCCSC1=NN2C(=c3ccccc3=NC2c2cc([N+](=O)[O-])ccc2OCCC)C(=O)N1. The Morgan fingerprint density at radius 3 is 2.76 bits per heavy atom. The van der Waals surface area contributed by atoms with Crippen LogP contribution in [0.2, 0.25) is 0 Å². The fraction of sp³-hybridized carbons (Fsp3) is 0.375. The van der Waals surface area contributed by atoms with Crippen molar-refractivity contribution in [1.29, 1.82) is 0 Å². The number of para-hydroxylation sites is 1. The number of hydrogen-bond acceptors (Lipinski definition) is 8. The van der Waals surface area contributed by atoms with Crippen LogP contribution in [0.4, 0.5) is 5.69 Å². The van der Waals surface area contributed by atoms with Crippen molar-refractivity contribution >= 4 is 34.2 Å². The van der Waals surface area contributed by atoms with Crippen molar-refractivity contribution < 1.29 is 14.5 Å². The lowest BCUT2D eigenvalue weighted by molar-refractivity contribution is -0.385. The smallest absolute Gasteiger partial charge is 0.276 e. The van der Waals surface area contributed by atoms with E-state index in [2.05, 4.69) is 12.2 Å². The lowest BCUT2D eigenvalue weighted by Crippen LogP contribution is -2.50. The average molecular weight is 482 g/mol. The highest BCUT2D eigenvalue weighted by Crippen LogP contribution is 2.37. The van der Waals surface area contributed by atoms with E-state index < -0.39 is 11.1 Å². The van der Waals surface area contributed by atoms with Crippen LogP contribution >= 0.6 is 11.8 Å². The molecule has 9 nitrogen and oxygen atoms in total. The summed E-state index contributed by atoms with van der Waals surface area (Å²) < 4.78 is 5.91. The van der Waals surface area contributed by atoms with Crippen molar-refractivity contribution in [3.63, 3.8) is 0 Å². The topological polar surface area (TPSA) is 109 Å². The van der Waals surface area contributed by atoms with Gasteiger partial charge in [0.2, 0.25) is 0 Å². The lowest BCUT2D eigenvalue weighted by atomic mass is 10.1. The van der Waals surface area contributed by atoms with Crippen molar-refractivity contribution in [2.45, 2.75) is 45.7 Å². The molecule has 1 amide bonds. The molecule has 2 aliphatic rings. The summed E-state index contributed by atoms with van der Waals surface area (Å²) in [5.41, 5.74) is 0.777. The van der Waals surface area contributed by atoms with Gasteiger partial charge >= 0.3 is 0 Å². The van der Waals surface area contributed by atoms with Gasteiger partial charge in [0.05, 0.1) is 16.9 Å². The molecule has 2 aliphatic heterocycles. The number of benzene rings is 2. The molecule has 0 saturated carbocycles. The van der Waals surface area contributed by atoms with E-state index in [0.29, 0.717) is 39.4 Å². The Hall–Kier alpha value is -3.40. The Bertz CT molecular complexity index is 1250. The first-order valence-electron chi connectivity index (χ1n) is 11.4. The van der Waals surface area contributed by atoms with E-state index in [-0.39, 0.29) is 11.6 Å². The van der Waals surface area contributed by atoms with Crippen molar-refractivity contribution in [3.05, 3.63) is 68.7 Å². The van der Waals surface area contributed by atoms with Crippen LogP contribution in [0.1, 0.15) is 51.3 Å². The van der Waals surface area contributed by atoms with Crippen LogP contribution in [0.15, 0.2) is 52.6 Å². The van der Waals surface area contributed by atoms with Gasteiger partial charge in [0, 0.05) is 28.7 Å². The Kier molecular flexibility index (Phi) is 7.46. The molecule has 1 atom stereocenters. The van der Waals surface area contributed by atoms with Crippen LogP contribution in [-0.2, 0) is 4.79 Å². The maximum atomic E-state index is 13.2. The van der Waals surface area contributed by atoms with E-state index in [1.54, 1.807) is 11.1 Å². The number of amidine groups is 1. The van der Waals surface area contributed by atoms with E-state index >= 15 is 0 Å². The number of nitro benzene ring substituents is 1. The van der Waals surface area contributed by atoms with E-state index in [9.17, 15) is 14.9 Å². The maximum absolute atomic E-state index is 13.2. The van der Waals surface area contributed by atoms with Gasteiger partial charge in [0.25, 0.3) is 11.6 Å². The molecule has 0 aliphatic carbocycles. The second-order valence-electron chi connectivity index (χ2n) is 7.96. The number of non-ortho nitro benzene ring substituents is 1. The first kappa shape index (κ1) is 23.7. The van der Waals surface area contributed by atoms with Gasteiger partial charge in [-0.05, 0) is 25.0 Å². The fourth-order valence-corrected chi connectivity index (χ4v) is 4.66. The van der Waals surface area contributed by atoms with Gasteiger partial charge in [0.1, 0.15) is 11.4 Å². The van der Waals surface area contributed by atoms with E-state index in [1.807, 2.05) is 31.2 Å². The van der Waals surface area contributed by atoms with Crippen LogP contribution in [0, 0.1) is 10.1 Å². The standard InChI is InChI=1S/C24H27N5O4S/c1-3-5-8-14-34-24-26-23(30)21-17-9-6-7-10-19(17)25-22(28(21)27-24)18-15-16(29(31)32)11-12-20(18)33-13-4-2/h6-7,9-12,15,22H,3-5,8,13-14H2,1-2H3,(H,26,27,30). The molecule has 1 unspecified atom stereocenters. The highest BCUT2D eigenvalue weighted by atomic mass is 32.2. The number of thioether (sulfide) groups is 1. The summed E-state index contributed by atoms with van der Waals surface area (Å²) in [6, 6.07) is 11.8. The molecule has 2 aromatic carbocycles. The van der Waals surface area contributed by atoms with E-state index in [4.69, 9.17) is 14.8 Å². The van der Waals surface area contributed by atoms with Gasteiger partial charge < -0.3 is 4.74 Å². The summed E-state index contributed by atoms with van der Waals surface area (Å²) in [5.74, 6) is 1.04. The van der Waals surface area contributed by atoms with Gasteiger partial charge in [-0.15, -0.1) is 5.10 Å². The zero-order chi connectivity index (χ0) is 24.1. The maximum Gasteiger partial charge on any atom is 0.276 e. The first-order valence-corrected chi connectivity index (χ1v) is 12.4. The minimum Gasteiger partial charge on any atom is -0.493 e. The average Bonchev–Trinajstić information content (AvgIpc) is 2.84. The van der Waals surface area contributed by atoms with Gasteiger partial charge in [-0.3, -0.25) is 25.2 Å². The Morgan fingerprint density at radius 1 is 1.18 bits per heavy atom. The molecular weight excluding hydrogens is 454 g/mol. The predicted molar refractivity (Wildman–Crippen MR) is 132 cm³/mol. The van der Waals surface area contributed by atoms with Crippen LogP contribution in [0.25, 0.3) is 5.70 Å². The third-order valence-electron chi connectivity index (χ3n) is 5.45. The number of rotatable bonds is 9. The molecule has 178 valence electrons. The fourth-order valence-electron chi connectivity index (χ4n) is 3.81. The van der Waals surface area contributed by atoms with Gasteiger partial charge in [-0.1, -0.05) is 56.7 Å². The summed E-state index contributed by atoms with van der Waals surface area (Å²) >= 11 is 1.48. The molecule has 0 bridgehead atoms. The number of nitrogens with zero attached hydrogens (tertiary/aromatic N) is 4. The minimum atomic E-state index is -0.783. The molecule has 0 saturated heterocycles. The zero-order valence-corrected chi connectivity index (χ0v) is 20.0. The predicted octanol–water partition coefficient (Wildman–Crippen LogP) is 3.45. The van der Waals surface area contributed by atoms with Crippen molar-refractivity contribution in [1.82, 2.24) is 10.3 Å². The van der Waals surface area contributed by atoms with Crippen LogP contribution in [-0.4, -0.2) is 33.4 Å². The van der Waals surface area contributed by atoms with Crippen molar-refractivity contribution in [3.8, 4) is 5.75 Å². The van der Waals surface area contributed by atoms with Gasteiger partial charge in [-0.2, -0.15) is 0 Å². The Labute approximate surface area is 201 Å². The van der Waals surface area contributed by atoms with Crippen molar-refractivity contribution in [2.24, 2.45) is 10.1 Å². The lowest BCUT2D eigenvalue weighted by Gasteiger charge is -2.34. The molecule has 0 radical (unpaired) electrons. The molecule has 0 fully saturated rings. The number of unbranched alkanes of at least 4 members (excludes halogenated alkanes) is 2. The largest absolute Gasteiger partial charge is 0.493 e. The first-order chi connectivity index (χ1) is 16.5. The van der Waals surface area contributed by atoms with Crippen LogP contribution < -0.4 is 20.6 Å². The summed E-state index contributed by atoms with van der Waals surface area (Å²) in [5, 5.41) is 22.5. The quantitative estimate of drug-likeness (QED) is 0.334. The number of hydrogen-bond donors (Lipinski definition) is 1. The van der Waals surface area contributed by atoms with E-state index in [1.165, 1.54) is 23.9 Å². The van der Waals surface area contributed by atoms with Gasteiger partial charge in [-0.25, -0.2) is 5.01 Å². The van der Waals surface area contributed by atoms with Crippen LogP contribution in [0.3, 0.4) is 0 Å². The molecule has 0 spiro atoms. The number of hydrazone groups is 1. The minimum absolute atomic E-state index is 0.0749. The summed E-state index contributed by atoms with van der Waals surface area (Å²) in [6.07, 6.45) is 3.22. The monoisotopic (exact) mass is 481 g/mol. The third-order valence-corrected chi connectivity index (χ3v) is 6.40. The molecule has 4 rings (SSSR count). The molecule has 2 heterocycles. The second-order valence-corrected chi connectivity index (χ2v) is 9.04. The van der Waals surface area contributed by atoms with Gasteiger partial charge in [0.15, 0.2) is 11.3 Å². The Morgan fingerprint density at radius 2 is 2.00 bits per heavy atom. The molecule has 1 N–H and O–H groups in total. The number of carbonyl (C=O) groups is 1. The third kappa shape index (κ3) is 4.91. The number of amides is 1. The molecule has 2 aromatic rings. The van der Waals surface area contributed by atoms with Crippen molar-refractivity contribution in [2.75, 3.05) is 12.4 Å². The summed E-state index contributed by atoms with van der Waals surface area (Å²) in [6.45, 7) is 4.58. The number of ether oxygens (including phenoxy) is 1. The number of fused-ring (bicyclic) bond motifs is 2. The number of carbonyl (C=O) groups excluding carboxylic acids is 1. The van der Waals surface area contributed by atoms with E-state index in [0.717, 1.165) is 31.4 Å². The number of nitro groups is 1. The molecule has 0 aromatic heterocycles.